The molecular weight excluding hydrogens is 166 g/mol. The molecule has 0 spiro atoms. The number of hydrogen-bond donors (Lipinski definition) is 2. The predicted molar refractivity (Wildman–Crippen MR) is 52.3 cm³/mol. The van der Waals surface area contributed by atoms with Crippen molar-refractivity contribution >= 4 is 5.91 Å². The van der Waals surface area contributed by atoms with Crippen LogP contribution in [0.1, 0.15) is 19.8 Å². The first kappa shape index (κ1) is 10.5. The van der Waals surface area contributed by atoms with E-state index in [4.69, 9.17) is 5.73 Å². The zero-order valence-electron chi connectivity index (χ0n) is 8.25. The van der Waals surface area contributed by atoms with Crippen molar-refractivity contribution in [3.8, 4) is 0 Å². The van der Waals surface area contributed by atoms with E-state index < -0.39 is 0 Å². The fourth-order valence-corrected chi connectivity index (χ4v) is 1.45. The van der Waals surface area contributed by atoms with Crippen molar-refractivity contribution in [2.24, 2.45) is 5.73 Å². The molecule has 3 N–H and O–H groups in total. The fourth-order valence-electron chi connectivity index (χ4n) is 1.45. The minimum Gasteiger partial charge on any atom is -0.354 e. The quantitative estimate of drug-likeness (QED) is 0.589. The monoisotopic (exact) mass is 185 g/mol. The van der Waals surface area contributed by atoms with Gasteiger partial charge in [0, 0.05) is 19.1 Å². The van der Waals surface area contributed by atoms with Crippen LogP contribution in [0.2, 0.25) is 0 Å². The van der Waals surface area contributed by atoms with Gasteiger partial charge in [-0.05, 0) is 19.4 Å². The van der Waals surface area contributed by atoms with Gasteiger partial charge >= 0.3 is 0 Å². The van der Waals surface area contributed by atoms with Gasteiger partial charge in [-0.15, -0.1) is 0 Å². The molecule has 0 unspecified atom stereocenters. The summed E-state index contributed by atoms with van der Waals surface area (Å²) in [6.07, 6.45) is 2.64. The first-order chi connectivity index (χ1) is 6.27. The standard InChI is InChI=1S/C9H19N3O/c1-2-12(8-3-4-8)6-5-11-9(13)7-10/h8H,2-7,10H2,1H3,(H,11,13). The number of nitrogens with zero attached hydrogens (tertiary/aromatic N) is 1. The molecule has 0 aliphatic heterocycles. The number of hydrogen-bond acceptors (Lipinski definition) is 3. The molecule has 76 valence electrons. The van der Waals surface area contributed by atoms with Gasteiger partial charge in [-0.2, -0.15) is 0 Å². The number of likely N-dealkylation sites (N-methyl/N-ethyl adjacent to an activating group) is 1. The SMILES string of the molecule is CCN(CCNC(=O)CN)C1CC1. The minimum absolute atomic E-state index is 0.0631. The van der Waals surface area contributed by atoms with Crippen molar-refractivity contribution in [2.75, 3.05) is 26.2 Å². The number of nitrogens with two attached hydrogens (primary N) is 1. The number of amides is 1. The average Bonchev–Trinajstić information content (AvgIpc) is 2.95. The van der Waals surface area contributed by atoms with Crippen molar-refractivity contribution in [3.05, 3.63) is 0 Å². The van der Waals surface area contributed by atoms with E-state index in [9.17, 15) is 4.79 Å². The van der Waals surface area contributed by atoms with Crippen molar-refractivity contribution in [1.29, 1.82) is 0 Å². The Morgan fingerprint density at radius 3 is 2.77 bits per heavy atom. The van der Waals surface area contributed by atoms with Gasteiger partial charge < -0.3 is 11.1 Å². The van der Waals surface area contributed by atoms with Crippen molar-refractivity contribution in [2.45, 2.75) is 25.8 Å². The molecule has 1 fully saturated rings. The van der Waals surface area contributed by atoms with Crippen LogP contribution >= 0.6 is 0 Å². The maximum Gasteiger partial charge on any atom is 0.233 e. The highest BCUT2D eigenvalue weighted by Crippen LogP contribution is 2.25. The lowest BCUT2D eigenvalue weighted by molar-refractivity contribution is -0.119. The maximum atomic E-state index is 10.8. The highest BCUT2D eigenvalue weighted by Gasteiger charge is 2.27. The van der Waals surface area contributed by atoms with Crippen LogP contribution in [0.3, 0.4) is 0 Å². The molecule has 0 bridgehead atoms. The number of carbonyl (C=O) groups excluding carboxylic acids is 1. The maximum absolute atomic E-state index is 10.8. The van der Waals surface area contributed by atoms with Crippen LogP contribution in [-0.2, 0) is 4.79 Å². The fraction of sp³-hybridized carbons (Fsp3) is 0.889. The predicted octanol–water partition coefficient (Wildman–Crippen LogP) is -0.454. The first-order valence-corrected chi connectivity index (χ1v) is 4.98. The van der Waals surface area contributed by atoms with Crippen LogP contribution in [-0.4, -0.2) is 43.0 Å². The van der Waals surface area contributed by atoms with Gasteiger partial charge in [0.15, 0.2) is 0 Å². The molecule has 1 rings (SSSR count). The molecule has 1 amide bonds. The Kier molecular flexibility index (Phi) is 4.18. The topological polar surface area (TPSA) is 58.4 Å². The summed E-state index contributed by atoms with van der Waals surface area (Å²) >= 11 is 0. The second-order valence-electron chi connectivity index (χ2n) is 3.41. The number of rotatable bonds is 6. The van der Waals surface area contributed by atoms with E-state index in [1.165, 1.54) is 12.8 Å². The zero-order chi connectivity index (χ0) is 9.68. The van der Waals surface area contributed by atoms with E-state index in [0.29, 0.717) is 0 Å². The Hall–Kier alpha value is -0.610. The Morgan fingerprint density at radius 2 is 2.31 bits per heavy atom. The highest BCUT2D eigenvalue weighted by molar-refractivity contribution is 5.77. The lowest BCUT2D eigenvalue weighted by Gasteiger charge is -2.19. The van der Waals surface area contributed by atoms with Crippen LogP contribution in [0.5, 0.6) is 0 Å². The molecule has 1 aliphatic rings. The van der Waals surface area contributed by atoms with E-state index in [0.717, 1.165) is 25.7 Å². The molecule has 4 heteroatoms. The van der Waals surface area contributed by atoms with Crippen LogP contribution in [0, 0.1) is 0 Å². The first-order valence-electron chi connectivity index (χ1n) is 4.98. The molecule has 13 heavy (non-hydrogen) atoms. The molecule has 0 radical (unpaired) electrons. The summed E-state index contributed by atoms with van der Waals surface area (Å²) in [4.78, 5) is 13.2. The minimum atomic E-state index is -0.0631. The number of nitrogens with one attached hydrogen (secondary N) is 1. The van der Waals surface area contributed by atoms with Crippen LogP contribution < -0.4 is 11.1 Å². The highest BCUT2D eigenvalue weighted by atomic mass is 16.1. The Balaban J connectivity index is 2.05. The van der Waals surface area contributed by atoms with Crippen LogP contribution in [0.15, 0.2) is 0 Å². The van der Waals surface area contributed by atoms with Gasteiger partial charge in [-0.3, -0.25) is 9.69 Å². The summed E-state index contributed by atoms with van der Waals surface area (Å²) in [7, 11) is 0. The van der Waals surface area contributed by atoms with Crippen molar-refractivity contribution < 1.29 is 4.79 Å². The zero-order valence-corrected chi connectivity index (χ0v) is 8.25. The largest absolute Gasteiger partial charge is 0.354 e. The Bertz CT molecular complexity index is 168. The van der Waals surface area contributed by atoms with Crippen molar-refractivity contribution in [1.82, 2.24) is 10.2 Å². The van der Waals surface area contributed by atoms with Crippen LogP contribution in [0.25, 0.3) is 0 Å². The third kappa shape index (κ3) is 3.74. The third-order valence-electron chi connectivity index (χ3n) is 2.38. The molecule has 0 atom stereocenters. The molecule has 0 aromatic heterocycles. The van der Waals surface area contributed by atoms with E-state index in [2.05, 4.69) is 17.1 Å². The van der Waals surface area contributed by atoms with Gasteiger partial charge in [-0.1, -0.05) is 6.92 Å². The lowest BCUT2D eigenvalue weighted by atomic mass is 10.4. The molecular formula is C9H19N3O. The van der Waals surface area contributed by atoms with E-state index in [1.807, 2.05) is 0 Å². The van der Waals surface area contributed by atoms with Crippen molar-refractivity contribution in [3.63, 3.8) is 0 Å². The summed E-state index contributed by atoms with van der Waals surface area (Å²) in [5.41, 5.74) is 5.17. The summed E-state index contributed by atoms with van der Waals surface area (Å²) in [5, 5.41) is 2.77. The summed E-state index contributed by atoms with van der Waals surface area (Å²) in [5.74, 6) is -0.0631. The summed E-state index contributed by atoms with van der Waals surface area (Å²) in [6.45, 7) is 5.00. The normalized spacial score (nSPS) is 16.2. The molecule has 1 aliphatic carbocycles. The van der Waals surface area contributed by atoms with Gasteiger partial charge in [-0.25, -0.2) is 0 Å². The average molecular weight is 185 g/mol. The van der Waals surface area contributed by atoms with E-state index in [1.54, 1.807) is 0 Å². The van der Waals surface area contributed by atoms with E-state index in [-0.39, 0.29) is 12.5 Å². The smallest absolute Gasteiger partial charge is 0.233 e. The third-order valence-corrected chi connectivity index (χ3v) is 2.38. The lowest BCUT2D eigenvalue weighted by Crippen LogP contribution is -2.38. The second-order valence-corrected chi connectivity index (χ2v) is 3.41. The molecule has 4 nitrogen and oxygen atoms in total. The second kappa shape index (κ2) is 5.19. The van der Waals surface area contributed by atoms with Gasteiger partial charge in [0.2, 0.25) is 5.91 Å². The molecule has 0 aromatic carbocycles. The molecule has 1 saturated carbocycles. The van der Waals surface area contributed by atoms with Crippen LogP contribution in [0.4, 0.5) is 0 Å². The van der Waals surface area contributed by atoms with Gasteiger partial charge in [0.1, 0.15) is 0 Å². The molecule has 0 heterocycles. The van der Waals surface area contributed by atoms with Gasteiger partial charge in [0.05, 0.1) is 6.54 Å². The Labute approximate surface area is 79.5 Å². The molecule has 0 saturated heterocycles. The number of carbonyl (C=O) groups is 1. The summed E-state index contributed by atoms with van der Waals surface area (Å²) < 4.78 is 0. The van der Waals surface area contributed by atoms with Gasteiger partial charge in [0.25, 0.3) is 0 Å². The Morgan fingerprint density at radius 1 is 1.62 bits per heavy atom. The molecule has 0 aromatic rings. The van der Waals surface area contributed by atoms with E-state index >= 15 is 0 Å². The summed E-state index contributed by atoms with van der Waals surface area (Å²) in [6, 6.07) is 0.778.